The molecule has 114 valence electrons. The monoisotopic (exact) mass is 269 g/mol. The van der Waals surface area contributed by atoms with E-state index < -0.39 is 0 Å². The second-order valence-electron chi connectivity index (χ2n) is 6.83. The van der Waals surface area contributed by atoms with Crippen LogP contribution in [0.2, 0.25) is 0 Å². The van der Waals surface area contributed by atoms with E-state index in [1.807, 2.05) is 0 Å². The van der Waals surface area contributed by atoms with Crippen LogP contribution < -0.4 is 5.73 Å². The van der Waals surface area contributed by atoms with Crippen LogP contribution in [-0.2, 0) is 0 Å². The summed E-state index contributed by atoms with van der Waals surface area (Å²) in [4.78, 5) is 4.90. The largest absolute Gasteiger partial charge is 0.326 e. The van der Waals surface area contributed by atoms with Gasteiger partial charge < -0.3 is 10.6 Å². The lowest BCUT2D eigenvalue weighted by Crippen LogP contribution is -2.52. The van der Waals surface area contributed by atoms with Crippen LogP contribution in [0.5, 0.6) is 0 Å². The minimum absolute atomic E-state index is 0.384. The van der Waals surface area contributed by atoms with Gasteiger partial charge in [-0.15, -0.1) is 0 Å². The summed E-state index contributed by atoms with van der Waals surface area (Å²) in [5.41, 5.74) is 6.40. The predicted octanol–water partition coefficient (Wildman–Crippen LogP) is 2.41. The number of hydrogen-bond donors (Lipinski definition) is 1. The van der Waals surface area contributed by atoms with Crippen LogP contribution in [0.3, 0.4) is 0 Å². The predicted molar refractivity (Wildman–Crippen MR) is 84.4 cm³/mol. The average Bonchev–Trinajstić information content (AvgIpc) is 2.35. The molecule has 3 heteroatoms. The lowest BCUT2D eigenvalue weighted by Gasteiger charge is -2.42. The first kappa shape index (κ1) is 16.9. The molecular weight excluding hydrogens is 234 g/mol. The SMILES string of the molecule is CCN(CCCN(C)C)C1CC(C(C)C)CCC1N. The van der Waals surface area contributed by atoms with Gasteiger partial charge in [-0.05, 0) is 71.2 Å². The second-order valence-corrected chi connectivity index (χ2v) is 6.83. The molecule has 1 aliphatic carbocycles. The van der Waals surface area contributed by atoms with Gasteiger partial charge in [-0.2, -0.15) is 0 Å². The molecule has 0 radical (unpaired) electrons. The number of hydrogen-bond acceptors (Lipinski definition) is 3. The van der Waals surface area contributed by atoms with Crippen molar-refractivity contribution in [1.82, 2.24) is 9.80 Å². The van der Waals surface area contributed by atoms with E-state index in [4.69, 9.17) is 5.73 Å². The fourth-order valence-electron chi connectivity index (χ4n) is 3.38. The van der Waals surface area contributed by atoms with Crippen molar-refractivity contribution < 1.29 is 0 Å². The molecule has 0 aromatic rings. The summed E-state index contributed by atoms with van der Waals surface area (Å²) in [6.45, 7) is 10.5. The van der Waals surface area contributed by atoms with Gasteiger partial charge in [-0.25, -0.2) is 0 Å². The van der Waals surface area contributed by atoms with Crippen LogP contribution in [-0.4, -0.2) is 55.6 Å². The van der Waals surface area contributed by atoms with E-state index in [1.54, 1.807) is 0 Å². The van der Waals surface area contributed by atoms with Crippen LogP contribution in [0.4, 0.5) is 0 Å². The van der Waals surface area contributed by atoms with E-state index in [-0.39, 0.29) is 0 Å². The zero-order valence-corrected chi connectivity index (χ0v) is 13.7. The molecule has 1 fully saturated rings. The highest BCUT2D eigenvalue weighted by atomic mass is 15.2. The van der Waals surface area contributed by atoms with Crippen molar-refractivity contribution in [1.29, 1.82) is 0 Å². The summed E-state index contributed by atoms with van der Waals surface area (Å²) in [7, 11) is 4.30. The van der Waals surface area contributed by atoms with Crippen LogP contribution in [0, 0.1) is 11.8 Å². The molecule has 19 heavy (non-hydrogen) atoms. The molecule has 2 N–H and O–H groups in total. The normalized spacial score (nSPS) is 28.6. The summed E-state index contributed by atoms with van der Waals surface area (Å²) < 4.78 is 0. The number of likely N-dealkylation sites (N-methyl/N-ethyl adjacent to an activating group) is 1. The van der Waals surface area contributed by atoms with Crippen molar-refractivity contribution in [2.24, 2.45) is 17.6 Å². The molecule has 0 saturated heterocycles. The zero-order valence-electron chi connectivity index (χ0n) is 13.7. The standard InChI is InChI=1S/C16H35N3/c1-6-19(11-7-10-18(4)5)16-12-14(13(2)3)8-9-15(16)17/h13-16H,6-12,17H2,1-5H3. The van der Waals surface area contributed by atoms with Gasteiger partial charge >= 0.3 is 0 Å². The Bertz CT molecular complexity index is 240. The Labute approximate surface area is 120 Å². The van der Waals surface area contributed by atoms with Gasteiger partial charge in [-0.3, -0.25) is 4.90 Å². The zero-order chi connectivity index (χ0) is 14.4. The Morgan fingerprint density at radius 3 is 2.37 bits per heavy atom. The Morgan fingerprint density at radius 1 is 1.16 bits per heavy atom. The fourth-order valence-corrected chi connectivity index (χ4v) is 3.38. The van der Waals surface area contributed by atoms with Crippen LogP contribution in [0.25, 0.3) is 0 Å². The van der Waals surface area contributed by atoms with Crippen molar-refractivity contribution in [2.45, 2.75) is 58.5 Å². The van der Waals surface area contributed by atoms with Gasteiger partial charge in [0.25, 0.3) is 0 Å². The Morgan fingerprint density at radius 2 is 1.84 bits per heavy atom. The summed E-state index contributed by atoms with van der Waals surface area (Å²) >= 11 is 0. The van der Waals surface area contributed by atoms with Gasteiger partial charge in [0.05, 0.1) is 0 Å². The molecule has 3 nitrogen and oxygen atoms in total. The van der Waals surface area contributed by atoms with E-state index in [2.05, 4.69) is 44.7 Å². The molecule has 0 spiro atoms. The van der Waals surface area contributed by atoms with Crippen LogP contribution >= 0.6 is 0 Å². The van der Waals surface area contributed by atoms with Gasteiger partial charge in [0.1, 0.15) is 0 Å². The first-order chi connectivity index (χ1) is 8.95. The van der Waals surface area contributed by atoms with Crippen LogP contribution in [0.15, 0.2) is 0 Å². The summed E-state index contributed by atoms with van der Waals surface area (Å²) in [6, 6.07) is 0.989. The first-order valence-electron chi connectivity index (χ1n) is 8.10. The first-order valence-corrected chi connectivity index (χ1v) is 8.10. The Hall–Kier alpha value is -0.120. The highest BCUT2D eigenvalue weighted by Gasteiger charge is 2.32. The van der Waals surface area contributed by atoms with E-state index in [9.17, 15) is 0 Å². The van der Waals surface area contributed by atoms with Crippen LogP contribution in [0.1, 0.15) is 46.5 Å². The van der Waals surface area contributed by atoms with E-state index >= 15 is 0 Å². The summed E-state index contributed by atoms with van der Waals surface area (Å²) in [5.74, 6) is 1.67. The highest BCUT2D eigenvalue weighted by molar-refractivity contribution is 4.90. The van der Waals surface area contributed by atoms with Crippen molar-refractivity contribution >= 4 is 0 Å². The molecule has 0 aliphatic heterocycles. The molecule has 0 bridgehead atoms. The topological polar surface area (TPSA) is 32.5 Å². The smallest absolute Gasteiger partial charge is 0.0249 e. The lowest BCUT2D eigenvalue weighted by molar-refractivity contribution is 0.0978. The minimum Gasteiger partial charge on any atom is -0.326 e. The Balaban J connectivity index is 2.51. The van der Waals surface area contributed by atoms with Gasteiger partial charge in [0.15, 0.2) is 0 Å². The molecule has 3 unspecified atom stereocenters. The average molecular weight is 269 g/mol. The van der Waals surface area contributed by atoms with E-state index in [0.717, 1.165) is 18.4 Å². The van der Waals surface area contributed by atoms with Crippen molar-refractivity contribution in [3.8, 4) is 0 Å². The van der Waals surface area contributed by atoms with Crippen molar-refractivity contribution in [3.63, 3.8) is 0 Å². The van der Waals surface area contributed by atoms with E-state index in [0.29, 0.717) is 12.1 Å². The fraction of sp³-hybridized carbons (Fsp3) is 1.00. The number of rotatable bonds is 7. The second kappa shape index (κ2) is 8.23. The van der Waals surface area contributed by atoms with Gasteiger partial charge in [0.2, 0.25) is 0 Å². The van der Waals surface area contributed by atoms with Crippen molar-refractivity contribution in [3.05, 3.63) is 0 Å². The third-order valence-corrected chi connectivity index (χ3v) is 4.78. The third-order valence-electron chi connectivity index (χ3n) is 4.78. The number of nitrogens with two attached hydrogens (primary N) is 1. The van der Waals surface area contributed by atoms with Gasteiger partial charge in [0, 0.05) is 12.1 Å². The molecule has 0 aromatic heterocycles. The summed E-state index contributed by atoms with van der Waals surface area (Å²) in [6.07, 6.45) is 5.08. The maximum Gasteiger partial charge on any atom is 0.0249 e. The molecular formula is C16H35N3. The third kappa shape index (κ3) is 5.41. The molecule has 1 saturated carbocycles. The minimum atomic E-state index is 0.384. The van der Waals surface area contributed by atoms with Crippen molar-refractivity contribution in [2.75, 3.05) is 33.7 Å². The highest BCUT2D eigenvalue weighted by Crippen LogP contribution is 2.32. The molecule has 1 aliphatic rings. The van der Waals surface area contributed by atoms with E-state index in [1.165, 1.54) is 38.8 Å². The lowest BCUT2D eigenvalue weighted by atomic mass is 9.76. The maximum atomic E-state index is 6.40. The Kier molecular flexibility index (Phi) is 7.33. The molecule has 0 amide bonds. The molecule has 1 rings (SSSR count). The molecule has 0 aromatic carbocycles. The molecule has 0 heterocycles. The maximum absolute atomic E-state index is 6.40. The summed E-state index contributed by atoms with van der Waals surface area (Å²) in [5, 5.41) is 0. The van der Waals surface area contributed by atoms with Gasteiger partial charge in [-0.1, -0.05) is 20.8 Å². The molecule has 3 atom stereocenters. The quantitative estimate of drug-likeness (QED) is 0.770. The number of nitrogens with zero attached hydrogens (tertiary/aromatic N) is 2.